The van der Waals surface area contributed by atoms with Crippen LogP contribution in [0.25, 0.3) is 10.9 Å². The van der Waals surface area contributed by atoms with Gasteiger partial charge in [0.25, 0.3) is 0 Å². The molecule has 0 spiro atoms. The number of nitrogens with zero attached hydrogens (tertiary/aromatic N) is 3. The number of pyridine rings is 1. The van der Waals surface area contributed by atoms with E-state index in [4.69, 9.17) is 4.74 Å². The van der Waals surface area contributed by atoms with E-state index in [0.29, 0.717) is 0 Å². The molecule has 4 nitrogen and oxygen atoms in total. The van der Waals surface area contributed by atoms with Crippen LogP contribution in [0.15, 0.2) is 34.9 Å². The van der Waals surface area contributed by atoms with Crippen molar-refractivity contribution in [2.24, 2.45) is 0 Å². The summed E-state index contributed by atoms with van der Waals surface area (Å²) >= 11 is 3.63. The number of anilines is 1. The molecule has 1 aromatic heterocycles. The minimum Gasteiger partial charge on any atom is -0.364 e. The maximum Gasteiger partial charge on any atom is 0.128 e. The summed E-state index contributed by atoms with van der Waals surface area (Å²) in [5.74, 6) is 0. The molecule has 1 aromatic carbocycles. The number of morpholine rings is 1. The van der Waals surface area contributed by atoms with E-state index in [2.05, 4.69) is 61.9 Å². The maximum atomic E-state index is 6.27. The van der Waals surface area contributed by atoms with Crippen LogP contribution in [0.3, 0.4) is 0 Å². The van der Waals surface area contributed by atoms with Crippen LogP contribution in [0.5, 0.6) is 0 Å². The largest absolute Gasteiger partial charge is 0.364 e. The van der Waals surface area contributed by atoms with Crippen molar-refractivity contribution in [2.75, 3.05) is 31.1 Å². The molecule has 5 heteroatoms. The van der Waals surface area contributed by atoms with Crippen LogP contribution in [0.1, 0.15) is 26.2 Å². The highest BCUT2D eigenvalue weighted by Crippen LogP contribution is 2.32. The standard InChI is InChI=1S/C19H24BrN3O/c1-14-12-23(13-18(24-14)22-10-3-2-4-11-22)17-8-9-21-19-15(17)6-5-7-16(19)20/h5-9,14,18H,2-4,10-13H2,1H3. The van der Waals surface area contributed by atoms with Gasteiger partial charge in [0.1, 0.15) is 6.23 Å². The predicted octanol–water partition coefficient (Wildman–Crippen LogP) is 4.03. The van der Waals surface area contributed by atoms with Crippen molar-refractivity contribution in [3.8, 4) is 0 Å². The third-order valence-electron chi connectivity index (χ3n) is 5.08. The number of para-hydroxylation sites is 1. The molecule has 0 N–H and O–H groups in total. The monoisotopic (exact) mass is 389 g/mol. The molecule has 0 aliphatic carbocycles. The van der Waals surface area contributed by atoms with E-state index in [1.54, 1.807) is 0 Å². The Kier molecular flexibility index (Phi) is 4.74. The van der Waals surface area contributed by atoms with Gasteiger partial charge in [-0.3, -0.25) is 9.88 Å². The van der Waals surface area contributed by atoms with Gasteiger partial charge >= 0.3 is 0 Å². The summed E-state index contributed by atoms with van der Waals surface area (Å²) in [6.45, 7) is 6.36. The van der Waals surface area contributed by atoms with Crippen LogP contribution in [0.2, 0.25) is 0 Å². The number of rotatable bonds is 2. The lowest BCUT2D eigenvalue weighted by Crippen LogP contribution is -2.55. The number of halogens is 1. The lowest BCUT2D eigenvalue weighted by Gasteiger charge is -2.44. The molecule has 2 fully saturated rings. The Morgan fingerprint density at radius 1 is 1.12 bits per heavy atom. The molecule has 2 aromatic rings. The summed E-state index contributed by atoms with van der Waals surface area (Å²) < 4.78 is 7.32. The average molecular weight is 390 g/mol. The number of likely N-dealkylation sites (tertiary alicyclic amines) is 1. The normalized spacial score (nSPS) is 26.0. The van der Waals surface area contributed by atoms with E-state index in [-0.39, 0.29) is 12.3 Å². The summed E-state index contributed by atoms with van der Waals surface area (Å²) in [6.07, 6.45) is 6.29. The van der Waals surface area contributed by atoms with Gasteiger partial charge in [-0.2, -0.15) is 0 Å². The van der Waals surface area contributed by atoms with Crippen molar-refractivity contribution in [2.45, 2.75) is 38.5 Å². The SMILES string of the molecule is CC1CN(c2ccnc3c(Br)cccc23)CC(N2CCCCC2)O1. The van der Waals surface area contributed by atoms with E-state index in [1.807, 2.05) is 6.20 Å². The molecule has 0 bridgehead atoms. The Morgan fingerprint density at radius 2 is 1.96 bits per heavy atom. The zero-order chi connectivity index (χ0) is 16.5. The van der Waals surface area contributed by atoms with Gasteiger partial charge in [-0.05, 0) is 47.8 Å². The van der Waals surface area contributed by atoms with Gasteiger partial charge in [-0.25, -0.2) is 0 Å². The third kappa shape index (κ3) is 3.17. The van der Waals surface area contributed by atoms with E-state index in [9.17, 15) is 0 Å². The van der Waals surface area contributed by atoms with Gasteiger partial charge in [0.2, 0.25) is 0 Å². The first-order valence-electron chi connectivity index (χ1n) is 8.90. The fourth-order valence-electron chi connectivity index (χ4n) is 3.93. The molecule has 2 aliphatic rings. The first-order valence-corrected chi connectivity index (χ1v) is 9.69. The fourth-order valence-corrected chi connectivity index (χ4v) is 4.40. The Balaban J connectivity index is 1.64. The number of ether oxygens (including phenoxy) is 1. The van der Waals surface area contributed by atoms with Gasteiger partial charge in [-0.1, -0.05) is 18.6 Å². The van der Waals surface area contributed by atoms with Gasteiger partial charge in [-0.15, -0.1) is 0 Å². The minimum atomic E-state index is 0.199. The van der Waals surface area contributed by atoms with Crippen molar-refractivity contribution in [3.63, 3.8) is 0 Å². The molecule has 2 unspecified atom stereocenters. The van der Waals surface area contributed by atoms with Crippen molar-refractivity contribution in [3.05, 3.63) is 34.9 Å². The van der Waals surface area contributed by atoms with Gasteiger partial charge in [0, 0.05) is 41.4 Å². The Morgan fingerprint density at radius 3 is 2.79 bits per heavy atom. The van der Waals surface area contributed by atoms with E-state index < -0.39 is 0 Å². The van der Waals surface area contributed by atoms with Crippen LogP contribution in [0.4, 0.5) is 5.69 Å². The fraction of sp³-hybridized carbons (Fsp3) is 0.526. The number of hydrogen-bond donors (Lipinski definition) is 0. The van der Waals surface area contributed by atoms with Crippen molar-refractivity contribution in [1.82, 2.24) is 9.88 Å². The minimum absolute atomic E-state index is 0.199. The highest BCUT2D eigenvalue weighted by atomic mass is 79.9. The zero-order valence-electron chi connectivity index (χ0n) is 14.1. The molecule has 3 heterocycles. The summed E-state index contributed by atoms with van der Waals surface area (Å²) in [4.78, 5) is 9.54. The Bertz CT molecular complexity index is 717. The predicted molar refractivity (Wildman–Crippen MR) is 101 cm³/mol. The maximum absolute atomic E-state index is 6.27. The molecular weight excluding hydrogens is 366 g/mol. The smallest absolute Gasteiger partial charge is 0.128 e. The molecule has 2 saturated heterocycles. The van der Waals surface area contributed by atoms with Crippen LogP contribution < -0.4 is 4.90 Å². The molecule has 128 valence electrons. The van der Waals surface area contributed by atoms with E-state index in [0.717, 1.165) is 36.2 Å². The lowest BCUT2D eigenvalue weighted by molar-refractivity contribution is -0.108. The second-order valence-electron chi connectivity index (χ2n) is 6.87. The number of benzene rings is 1. The molecule has 0 radical (unpaired) electrons. The van der Waals surface area contributed by atoms with Crippen molar-refractivity contribution >= 4 is 32.5 Å². The number of fused-ring (bicyclic) bond motifs is 1. The quantitative estimate of drug-likeness (QED) is 0.774. The number of piperidine rings is 1. The topological polar surface area (TPSA) is 28.6 Å². The van der Waals surface area contributed by atoms with Crippen LogP contribution in [0, 0.1) is 0 Å². The molecule has 2 atom stereocenters. The summed E-state index contributed by atoms with van der Waals surface area (Å²) in [5.41, 5.74) is 2.29. The van der Waals surface area contributed by atoms with E-state index in [1.165, 1.54) is 30.3 Å². The summed E-state index contributed by atoms with van der Waals surface area (Å²) in [5, 5.41) is 1.21. The van der Waals surface area contributed by atoms with Crippen LogP contribution >= 0.6 is 15.9 Å². The summed E-state index contributed by atoms with van der Waals surface area (Å²) in [7, 11) is 0. The van der Waals surface area contributed by atoms with Gasteiger partial charge in [0.15, 0.2) is 0 Å². The first-order chi connectivity index (χ1) is 11.7. The summed E-state index contributed by atoms with van der Waals surface area (Å²) in [6, 6.07) is 8.44. The Labute approximate surface area is 151 Å². The third-order valence-corrected chi connectivity index (χ3v) is 5.72. The number of hydrogen-bond acceptors (Lipinski definition) is 4. The molecule has 24 heavy (non-hydrogen) atoms. The second-order valence-corrected chi connectivity index (χ2v) is 7.72. The Hall–Kier alpha value is -1.17. The number of aromatic nitrogens is 1. The highest BCUT2D eigenvalue weighted by Gasteiger charge is 2.31. The van der Waals surface area contributed by atoms with Crippen molar-refractivity contribution < 1.29 is 4.74 Å². The average Bonchev–Trinajstić information content (AvgIpc) is 2.62. The second kappa shape index (κ2) is 6.98. The van der Waals surface area contributed by atoms with Crippen LogP contribution in [-0.2, 0) is 4.74 Å². The molecular formula is C19H24BrN3O. The molecule has 4 rings (SSSR count). The zero-order valence-corrected chi connectivity index (χ0v) is 15.7. The van der Waals surface area contributed by atoms with Crippen LogP contribution in [-0.4, -0.2) is 48.4 Å². The molecule has 0 saturated carbocycles. The molecule has 0 amide bonds. The van der Waals surface area contributed by atoms with Crippen molar-refractivity contribution in [1.29, 1.82) is 0 Å². The highest BCUT2D eigenvalue weighted by molar-refractivity contribution is 9.10. The van der Waals surface area contributed by atoms with Gasteiger partial charge in [0.05, 0.1) is 18.2 Å². The van der Waals surface area contributed by atoms with Gasteiger partial charge < -0.3 is 9.64 Å². The van der Waals surface area contributed by atoms with E-state index >= 15 is 0 Å². The first kappa shape index (κ1) is 16.3. The lowest BCUT2D eigenvalue weighted by atomic mass is 10.1. The molecule has 2 aliphatic heterocycles.